The van der Waals surface area contributed by atoms with Crippen molar-refractivity contribution in [3.63, 3.8) is 0 Å². The smallest absolute Gasteiger partial charge is 0.246 e. The summed E-state index contributed by atoms with van der Waals surface area (Å²) in [5.41, 5.74) is 2.68. The lowest BCUT2D eigenvalue weighted by Crippen LogP contribution is -2.50. The van der Waals surface area contributed by atoms with Gasteiger partial charge in [0.2, 0.25) is 5.91 Å². The molecule has 1 atom stereocenters. The topological polar surface area (TPSA) is 44.8 Å². The molecule has 1 saturated heterocycles. The number of nitrogens with one attached hydrogen (secondary N) is 1. The third-order valence-corrected chi connectivity index (χ3v) is 5.59. The molecule has 3 aromatic rings. The summed E-state index contributed by atoms with van der Waals surface area (Å²) in [5.74, 6) is 0.395. The number of hydrogen-bond donors (Lipinski definition) is 1. The first kappa shape index (κ1) is 20.9. The Balaban J connectivity index is 1.48. The summed E-state index contributed by atoms with van der Waals surface area (Å²) >= 11 is 0. The number of ether oxygens (including phenoxy) is 1. The molecule has 1 N–H and O–H groups in total. The molecule has 1 aliphatic heterocycles. The summed E-state index contributed by atoms with van der Waals surface area (Å²) in [6, 6.07) is 23.3. The van der Waals surface area contributed by atoms with E-state index in [2.05, 4.69) is 27.2 Å². The standard InChI is InChI=1S/C25H26FN3O2/c1-31-23-13-11-22(12-14-23)28-15-17-29(18-16-28)24(19-5-3-2-4-6-19)25(30)27-21-9-7-20(26)8-10-21/h2-14,24H,15-18H2,1H3,(H,27,30)/t24-/m1/s1. The number of rotatable bonds is 6. The average Bonchev–Trinajstić information content (AvgIpc) is 2.82. The number of amides is 1. The third-order valence-electron chi connectivity index (χ3n) is 5.59. The second kappa shape index (κ2) is 9.62. The number of methoxy groups -OCH3 is 1. The molecule has 1 aliphatic rings. The van der Waals surface area contributed by atoms with Crippen LogP contribution >= 0.6 is 0 Å². The monoisotopic (exact) mass is 419 g/mol. The van der Waals surface area contributed by atoms with Crippen molar-refractivity contribution in [2.24, 2.45) is 0 Å². The summed E-state index contributed by atoms with van der Waals surface area (Å²) in [4.78, 5) is 17.8. The minimum Gasteiger partial charge on any atom is -0.497 e. The number of hydrogen-bond acceptors (Lipinski definition) is 4. The lowest BCUT2D eigenvalue weighted by atomic mass is 10.0. The minimum atomic E-state index is -0.413. The molecule has 0 radical (unpaired) electrons. The van der Waals surface area contributed by atoms with Crippen LogP contribution in [-0.2, 0) is 4.79 Å². The van der Waals surface area contributed by atoms with Crippen LogP contribution < -0.4 is 15.0 Å². The number of benzene rings is 3. The first-order valence-corrected chi connectivity index (χ1v) is 10.4. The zero-order valence-electron chi connectivity index (χ0n) is 17.5. The maximum atomic E-state index is 13.2. The van der Waals surface area contributed by atoms with Crippen LogP contribution in [0.15, 0.2) is 78.9 Å². The van der Waals surface area contributed by atoms with Crippen LogP contribution in [0.5, 0.6) is 5.75 Å². The van der Waals surface area contributed by atoms with Crippen molar-refractivity contribution in [2.75, 3.05) is 43.5 Å². The van der Waals surface area contributed by atoms with Gasteiger partial charge in [0.25, 0.3) is 0 Å². The van der Waals surface area contributed by atoms with Gasteiger partial charge in [-0.3, -0.25) is 9.69 Å². The van der Waals surface area contributed by atoms with Gasteiger partial charge < -0.3 is 15.0 Å². The fourth-order valence-corrected chi connectivity index (χ4v) is 3.94. The van der Waals surface area contributed by atoms with E-state index < -0.39 is 6.04 Å². The molecule has 0 aromatic heterocycles. The highest BCUT2D eigenvalue weighted by molar-refractivity contribution is 5.95. The predicted octanol–water partition coefficient (Wildman–Crippen LogP) is 4.34. The van der Waals surface area contributed by atoms with E-state index in [0.717, 1.165) is 43.2 Å². The van der Waals surface area contributed by atoms with Crippen molar-refractivity contribution in [3.8, 4) is 5.75 Å². The van der Waals surface area contributed by atoms with Gasteiger partial charge in [0, 0.05) is 37.6 Å². The molecule has 0 unspecified atom stereocenters. The molecule has 1 amide bonds. The maximum Gasteiger partial charge on any atom is 0.246 e. The molecular formula is C25H26FN3O2. The minimum absolute atomic E-state index is 0.115. The summed E-state index contributed by atoms with van der Waals surface area (Å²) < 4.78 is 18.5. The molecule has 5 nitrogen and oxygen atoms in total. The lowest BCUT2D eigenvalue weighted by Gasteiger charge is -2.39. The number of nitrogens with zero attached hydrogens (tertiary/aromatic N) is 2. The van der Waals surface area contributed by atoms with Gasteiger partial charge in [-0.15, -0.1) is 0 Å². The van der Waals surface area contributed by atoms with Crippen molar-refractivity contribution < 1.29 is 13.9 Å². The van der Waals surface area contributed by atoms with E-state index in [9.17, 15) is 9.18 Å². The van der Waals surface area contributed by atoms with E-state index >= 15 is 0 Å². The summed E-state index contributed by atoms with van der Waals surface area (Å²) in [6.07, 6.45) is 0. The Labute approximate surface area is 182 Å². The Kier molecular flexibility index (Phi) is 6.48. The van der Waals surface area contributed by atoms with Crippen LogP contribution in [0.3, 0.4) is 0 Å². The van der Waals surface area contributed by atoms with Crippen molar-refractivity contribution in [3.05, 3.63) is 90.2 Å². The normalized spacial score (nSPS) is 15.4. The molecule has 4 rings (SSSR count). The maximum absolute atomic E-state index is 13.2. The molecule has 6 heteroatoms. The molecule has 1 fully saturated rings. The first-order valence-electron chi connectivity index (χ1n) is 10.4. The van der Waals surface area contributed by atoms with Crippen LogP contribution in [0.25, 0.3) is 0 Å². The van der Waals surface area contributed by atoms with Gasteiger partial charge >= 0.3 is 0 Å². The number of piperazine rings is 1. The summed E-state index contributed by atoms with van der Waals surface area (Å²) in [5, 5.41) is 2.95. The molecule has 0 saturated carbocycles. The molecular weight excluding hydrogens is 393 g/mol. The van der Waals surface area contributed by atoms with E-state index in [1.807, 2.05) is 42.5 Å². The zero-order valence-corrected chi connectivity index (χ0v) is 17.5. The van der Waals surface area contributed by atoms with E-state index in [0.29, 0.717) is 5.69 Å². The fraction of sp³-hybridized carbons (Fsp3) is 0.240. The second-order valence-corrected chi connectivity index (χ2v) is 7.53. The lowest BCUT2D eigenvalue weighted by molar-refractivity contribution is -0.121. The number of carbonyl (C=O) groups excluding carboxylic acids is 1. The molecule has 31 heavy (non-hydrogen) atoms. The van der Waals surface area contributed by atoms with Crippen LogP contribution in [0.1, 0.15) is 11.6 Å². The zero-order chi connectivity index (χ0) is 21.6. The van der Waals surface area contributed by atoms with Gasteiger partial charge in [-0.2, -0.15) is 0 Å². The van der Waals surface area contributed by atoms with Gasteiger partial charge in [0.05, 0.1) is 7.11 Å². The van der Waals surface area contributed by atoms with Gasteiger partial charge in [0.15, 0.2) is 0 Å². The van der Waals surface area contributed by atoms with Crippen molar-refractivity contribution in [2.45, 2.75) is 6.04 Å². The van der Waals surface area contributed by atoms with Gasteiger partial charge in [-0.25, -0.2) is 4.39 Å². The Morgan fingerprint density at radius 2 is 1.55 bits per heavy atom. The van der Waals surface area contributed by atoms with Crippen LogP contribution in [0, 0.1) is 5.82 Å². The molecule has 0 bridgehead atoms. The first-order chi connectivity index (χ1) is 15.1. The molecule has 3 aromatic carbocycles. The highest BCUT2D eigenvalue weighted by Gasteiger charge is 2.30. The Bertz CT molecular complexity index is 986. The second-order valence-electron chi connectivity index (χ2n) is 7.53. The van der Waals surface area contributed by atoms with Gasteiger partial charge in [0.1, 0.15) is 17.6 Å². The summed E-state index contributed by atoms with van der Waals surface area (Å²) in [7, 11) is 1.66. The third kappa shape index (κ3) is 5.03. The van der Waals surface area contributed by atoms with Crippen LogP contribution in [-0.4, -0.2) is 44.1 Å². The molecule has 0 aliphatic carbocycles. The largest absolute Gasteiger partial charge is 0.497 e. The molecule has 0 spiro atoms. The number of halogens is 1. The van der Waals surface area contributed by atoms with Crippen molar-refractivity contribution >= 4 is 17.3 Å². The van der Waals surface area contributed by atoms with Crippen LogP contribution in [0.2, 0.25) is 0 Å². The Morgan fingerprint density at radius 1 is 0.903 bits per heavy atom. The quantitative estimate of drug-likeness (QED) is 0.646. The fourth-order valence-electron chi connectivity index (χ4n) is 3.94. The average molecular weight is 420 g/mol. The van der Waals surface area contributed by atoms with E-state index in [1.165, 1.54) is 12.1 Å². The number of carbonyl (C=O) groups is 1. The number of anilines is 2. The SMILES string of the molecule is COc1ccc(N2CCN([C@@H](C(=O)Nc3ccc(F)cc3)c3ccccc3)CC2)cc1. The predicted molar refractivity (Wildman–Crippen MR) is 121 cm³/mol. The van der Waals surface area contributed by atoms with Crippen molar-refractivity contribution in [1.82, 2.24) is 4.90 Å². The Hall–Kier alpha value is -3.38. The van der Waals surface area contributed by atoms with E-state index in [1.54, 1.807) is 19.2 Å². The van der Waals surface area contributed by atoms with Gasteiger partial charge in [-0.05, 0) is 54.1 Å². The molecule has 160 valence electrons. The summed E-state index contributed by atoms with van der Waals surface area (Å²) in [6.45, 7) is 3.14. The van der Waals surface area contributed by atoms with Gasteiger partial charge in [-0.1, -0.05) is 30.3 Å². The van der Waals surface area contributed by atoms with Crippen molar-refractivity contribution in [1.29, 1.82) is 0 Å². The highest BCUT2D eigenvalue weighted by atomic mass is 19.1. The molecule has 1 heterocycles. The van der Waals surface area contributed by atoms with Crippen LogP contribution in [0.4, 0.5) is 15.8 Å². The van der Waals surface area contributed by atoms with E-state index in [-0.39, 0.29) is 11.7 Å². The van der Waals surface area contributed by atoms with E-state index in [4.69, 9.17) is 4.74 Å². The highest BCUT2D eigenvalue weighted by Crippen LogP contribution is 2.27. The Morgan fingerprint density at radius 3 is 2.16 bits per heavy atom.